The molecule has 20 heavy (non-hydrogen) atoms. The summed E-state index contributed by atoms with van der Waals surface area (Å²) in [6.07, 6.45) is 0. The van der Waals surface area contributed by atoms with Crippen LogP contribution in [0.4, 0.5) is 0 Å². The van der Waals surface area contributed by atoms with Crippen LogP contribution in [0.15, 0.2) is 42.5 Å². The second kappa shape index (κ2) is 5.00. The number of hydrogen-bond acceptors (Lipinski definition) is 1. The first kappa shape index (κ1) is 13.8. The molecule has 0 radical (unpaired) electrons. The monoisotopic (exact) mass is 288 g/mol. The van der Waals surface area contributed by atoms with Crippen molar-refractivity contribution in [3.8, 4) is 0 Å². The van der Waals surface area contributed by atoms with Crippen LogP contribution in [-0.4, -0.2) is 36.5 Å². The van der Waals surface area contributed by atoms with E-state index in [0.717, 1.165) is 13.1 Å². The minimum absolute atomic E-state index is 0.0195. The highest BCUT2D eigenvalue weighted by molar-refractivity contribution is 7.59. The predicted octanol–water partition coefficient (Wildman–Crippen LogP) is 3.97. The lowest BCUT2D eigenvalue weighted by Gasteiger charge is -2.31. The average molecular weight is 288 g/mol. The molecule has 0 amide bonds. The topological polar surface area (TPSA) is 23.6 Å². The predicted molar refractivity (Wildman–Crippen MR) is 85.2 cm³/mol. The van der Waals surface area contributed by atoms with Crippen LogP contribution >= 0.6 is 7.44 Å². The molecule has 106 valence electrons. The molecule has 0 N–H and O–H groups in total. The van der Waals surface area contributed by atoms with Gasteiger partial charge in [0.2, 0.25) is 7.44 Å². The van der Waals surface area contributed by atoms with Gasteiger partial charge in [-0.05, 0) is 37.4 Å². The van der Waals surface area contributed by atoms with Gasteiger partial charge in [0.05, 0.1) is 5.66 Å². The van der Waals surface area contributed by atoms with Gasteiger partial charge in [-0.15, -0.1) is 0 Å². The molecular weight excluding hydrogens is 267 g/mol. The normalized spacial score (nSPS) is 21.4. The van der Waals surface area contributed by atoms with E-state index < -0.39 is 7.44 Å². The Morgan fingerprint density at radius 3 is 2.30 bits per heavy atom. The summed E-state index contributed by atoms with van der Waals surface area (Å²) in [5.74, 6) is 0. The van der Waals surface area contributed by atoms with Crippen molar-refractivity contribution in [1.29, 1.82) is 0 Å². The van der Waals surface area contributed by atoms with Gasteiger partial charge in [-0.25, -0.2) is 9.34 Å². The molecule has 2 aromatic carbocycles. The van der Waals surface area contributed by atoms with Gasteiger partial charge in [0, 0.05) is 13.1 Å². The van der Waals surface area contributed by atoms with Crippen LogP contribution in [0.2, 0.25) is 0 Å². The highest BCUT2D eigenvalue weighted by atomic mass is 31.2. The van der Waals surface area contributed by atoms with Crippen LogP contribution in [0, 0.1) is 0 Å². The second-order valence-electron chi connectivity index (χ2n) is 5.60. The fourth-order valence-electron chi connectivity index (χ4n) is 3.22. The van der Waals surface area contributed by atoms with E-state index in [9.17, 15) is 4.57 Å². The van der Waals surface area contributed by atoms with E-state index in [1.807, 2.05) is 29.5 Å². The van der Waals surface area contributed by atoms with E-state index in [1.165, 1.54) is 16.3 Å². The molecule has 4 heteroatoms. The lowest BCUT2D eigenvalue weighted by molar-refractivity contribution is 0.478. The second-order valence-corrected chi connectivity index (χ2v) is 8.91. The van der Waals surface area contributed by atoms with Crippen molar-refractivity contribution < 1.29 is 4.57 Å². The number of fused-ring (bicyclic) bond motifs is 1. The van der Waals surface area contributed by atoms with Crippen molar-refractivity contribution in [2.75, 3.05) is 27.2 Å². The van der Waals surface area contributed by atoms with E-state index in [2.05, 4.69) is 43.3 Å². The van der Waals surface area contributed by atoms with Crippen LogP contribution in [0.5, 0.6) is 0 Å². The van der Waals surface area contributed by atoms with Crippen molar-refractivity contribution >= 4 is 18.2 Å². The molecule has 0 aliphatic carbocycles. The molecule has 0 bridgehead atoms. The van der Waals surface area contributed by atoms with E-state index in [4.69, 9.17) is 0 Å². The molecule has 3 rings (SSSR count). The first-order valence-corrected chi connectivity index (χ1v) is 8.74. The third-order valence-electron chi connectivity index (χ3n) is 4.50. The smallest absolute Gasteiger partial charge is 0.223 e. The first-order chi connectivity index (χ1) is 9.55. The Balaban J connectivity index is 2.14. The van der Waals surface area contributed by atoms with Crippen molar-refractivity contribution in [3.63, 3.8) is 0 Å². The SMILES string of the molecule is C[C@@H](c1cccc2ccccc12)P1(=O)N(C)CCN1C. The summed E-state index contributed by atoms with van der Waals surface area (Å²) in [5, 5.41) is 2.43. The van der Waals surface area contributed by atoms with Crippen LogP contribution in [0.25, 0.3) is 10.8 Å². The minimum atomic E-state index is -2.50. The Kier molecular flexibility index (Phi) is 3.45. The molecular formula is C16H21N2OP. The molecule has 2 aromatic rings. The van der Waals surface area contributed by atoms with E-state index in [0.29, 0.717) is 0 Å². The van der Waals surface area contributed by atoms with Gasteiger partial charge in [-0.1, -0.05) is 42.5 Å². The zero-order valence-corrected chi connectivity index (χ0v) is 13.2. The summed E-state index contributed by atoms with van der Waals surface area (Å²) in [5.41, 5.74) is 1.21. The van der Waals surface area contributed by atoms with Crippen molar-refractivity contribution in [3.05, 3.63) is 48.0 Å². The lowest BCUT2D eigenvalue weighted by Crippen LogP contribution is -2.17. The molecule has 3 nitrogen and oxygen atoms in total. The van der Waals surface area contributed by atoms with Crippen molar-refractivity contribution in [2.24, 2.45) is 0 Å². The highest BCUT2D eigenvalue weighted by Crippen LogP contribution is 2.65. The first-order valence-electron chi connectivity index (χ1n) is 7.06. The Morgan fingerprint density at radius 2 is 1.60 bits per heavy atom. The van der Waals surface area contributed by atoms with Crippen molar-refractivity contribution in [2.45, 2.75) is 12.6 Å². The maximum Gasteiger partial charge on any atom is 0.223 e. The summed E-state index contributed by atoms with van der Waals surface area (Å²) < 4.78 is 17.6. The zero-order chi connectivity index (χ0) is 14.3. The fraction of sp³-hybridized carbons (Fsp3) is 0.375. The molecule has 0 unspecified atom stereocenters. The van der Waals surface area contributed by atoms with Gasteiger partial charge in [-0.2, -0.15) is 0 Å². The maximum absolute atomic E-state index is 13.5. The van der Waals surface area contributed by atoms with Gasteiger partial charge in [0.15, 0.2) is 0 Å². The molecule has 1 fully saturated rings. The molecule has 1 heterocycles. The highest BCUT2D eigenvalue weighted by Gasteiger charge is 2.43. The molecule has 1 saturated heterocycles. The van der Waals surface area contributed by atoms with Crippen LogP contribution < -0.4 is 0 Å². The molecule has 0 spiro atoms. The number of nitrogens with zero attached hydrogens (tertiary/aromatic N) is 2. The maximum atomic E-state index is 13.5. The summed E-state index contributed by atoms with van der Waals surface area (Å²) in [6, 6.07) is 14.6. The largest absolute Gasteiger partial charge is 0.288 e. The van der Waals surface area contributed by atoms with Gasteiger partial charge < -0.3 is 0 Å². The van der Waals surface area contributed by atoms with E-state index in [-0.39, 0.29) is 5.66 Å². The van der Waals surface area contributed by atoms with Gasteiger partial charge in [-0.3, -0.25) is 4.57 Å². The van der Waals surface area contributed by atoms with Crippen LogP contribution in [0.1, 0.15) is 18.1 Å². The van der Waals surface area contributed by atoms with Gasteiger partial charge in [0.1, 0.15) is 0 Å². The molecule has 0 aromatic heterocycles. The van der Waals surface area contributed by atoms with Crippen LogP contribution in [0.3, 0.4) is 0 Å². The van der Waals surface area contributed by atoms with Gasteiger partial charge >= 0.3 is 0 Å². The summed E-state index contributed by atoms with van der Waals surface area (Å²) in [4.78, 5) is 0. The average Bonchev–Trinajstić information content (AvgIpc) is 2.74. The number of likely N-dealkylation sites (N-methyl/N-ethyl adjacent to an activating group) is 2. The molecule has 1 aliphatic rings. The van der Waals surface area contributed by atoms with Crippen LogP contribution in [-0.2, 0) is 4.57 Å². The lowest BCUT2D eigenvalue weighted by atomic mass is 10.0. The summed E-state index contributed by atoms with van der Waals surface area (Å²) >= 11 is 0. The zero-order valence-electron chi connectivity index (χ0n) is 12.3. The van der Waals surface area contributed by atoms with E-state index >= 15 is 0 Å². The number of rotatable bonds is 2. The molecule has 1 aliphatic heterocycles. The Bertz CT molecular complexity index is 666. The fourth-order valence-corrected chi connectivity index (χ4v) is 6.27. The molecule has 0 saturated carbocycles. The van der Waals surface area contributed by atoms with E-state index in [1.54, 1.807) is 0 Å². The third kappa shape index (κ3) is 1.93. The Labute approximate surface area is 120 Å². The quantitative estimate of drug-likeness (QED) is 0.781. The minimum Gasteiger partial charge on any atom is -0.288 e. The third-order valence-corrected chi connectivity index (χ3v) is 8.15. The van der Waals surface area contributed by atoms with Crippen molar-refractivity contribution in [1.82, 2.24) is 9.34 Å². The Morgan fingerprint density at radius 1 is 1.00 bits per heavy atom. The molecule has 1 atom stereocenters. The standard InChI is InChI=1S/C16H21N2OP/c1-13(20(19)17(2)11-12-18(20)3)15-10-6-8-14-7-4-5-9-16(14)15/h4-10,13H,11-12H2,1-3H3/t13-/m0/s1. The van der Waals surface area contributed by atoms with Gasteiger partial charge in [0.25, 0.3) is 0 Å². The number of hydrogen-bond donors (Lipinski definition) is 0. The number of benzene rings is 2. The summed E-state index contributed by atoms with van der Waals surface area (Å²) in [7, 11) is 1.45. The Hall–Kier alpha value is -1.15. The summed E-state index contributed by atoms with van der Waals surface area (Å²) in [6.45, 7) is 3.85.